The van der Waals surface area contributed by atoms with Crippen molar-refractivity contribution in [1.29, 1.82) is 0 Å². The van der Waals surface area contributed by atoms with Crippen LogP contribution >= 0.6 is 0 Å². The van der Waals surface area contributed by atoms with E-state index in [0.29, 0.717) is 0 Å². The minimum atomic E-state index is -4.53. The Morgan fingerprint density at radius 1 is 0.875 bits per heavy atom. The molecular formula is C23H15F3O6. The Labute approximate surface area is 178 Å². The predicted molar refractivity (Wildman–Crippen MR) is 109 cm³/mol. The van der Waals surface area contributed by atoms with Crippen LogP contribution in [0.2, 0.25) is 0 Å². The molecule has 3 aromatic carbocycles. The zero-order valence-corrected chi connectivity index (χ0v) is 16.1. The lowest BCUT2D eigenvalue weighted by atomic mass is 9.98. The molecule has 164 valence electrons. The number of benzene rings is 3. The topological polar surface area (TPSA) is 111 Å². The first-order chi connectivity index (χ1) is 15.0. The Morgan fingerprint density at radius 3 is 2.34 bits per heavy atom. The van der Waals surface area contributed by atoms with Crippen molar-refractivity contribution in [3.8, 4) is 34.3 Å². The van der Waals surface area contributed by atoms with Gasteiger partial charge in [-0.1, -0.05) is 18.2 Å². The first kappa shape index (κ1) is 21.1. The van der Waals surface area contributed by atoms with Crippen molar-refractivity contribution >= 4 is 11.0 Å². The van der Waals surface area contributed by atoms with Crippen LogP contribution in [0.25, 0.3) is 22.3 Å². The summed E-state index contributed by atoms with van der Waals surface area (Å²) in [7, 11) is 0. The lowest BCUT2D eigenvalue weighted by Crippen LogP contribution is -2.05. The molecule has 1 aromatic heterocycles. The Bertz CT molecular complexity index is 1410. The third kappa shape index (κ3) is 3.92. The highest BCUT2D eigenvalue weighted by atomic mass is 19.4. The van der Waals surface area contributed by atoms with Gasteiger partial charge in [0.1, 0.15) is 28.2 Å². The quantitative estimate of drug-likeness (QED) is 0.335. The van der Waals surface area contributed by atoms with Crippen LogP contribution in [0, 0.1) is 0 Å². The fourth-order valence-electron chi connectivity index (χ4n) is 3.43. The standard InChI is InChI=1S/C23H15F3O6/c24-23(25,26)14-3-1-2-11(5-14)4-13-6-12(7-18(30)22(13)31)19-10-17(29)21-16(28)8-15(27)9-20(21)32-19/h1-3,5-10,27-28,30-31H,4H2. The van der Waals surface area contributed by atoms with Gasteiger partial charge in [-0.05, 0) is 23.8 Å². The molecule has 0 atom stereocenters. The molecule has 0 aliphatic heterocycles. The van der Waals surface area contributed by atoms with Gasteiger partial charge >= 0.3 is 6.18 Å². The van der Waals surface area contributed by atoms with Gasteiger partial charge in [-0.2, -0.15) is 13.2 Å². The highest BCUT2D eigenvalue weighted by molar-refractivity contribution is 5.86. The van der Waals surface area contributed by atoms with Gasteiger partial charge in [0.2, 0.25) is 0 Å². The van der Waals surface area contributed by atoms with Crippen LogP contribution in [0.1, 0.15) is 16.7 Å². The van der Waals surface area contributed by atoms with Gasteiger partial charge in [-0.25, -0.2) is 0 Å². The van der Waals surface area contributed by atoms with Gasteiger partial charge in [-0.15, -0.1) is 0 Å². The third-order valence-electron chi connectivity index (χ3n) is 4.90. The van der Waals surface area contributed by atoms with Crippen LogP contribution in [-0.4, -0.2) is 20.4 Å². The van der Waals surface area contributed by atoms with Crippen molar-refractivity contribution in [3.05, 3.63) is 81.5 Å². The Balaban J connectivity index is 1.81. The number of halogens is 3. The molecule has 0 radical (unpaired) electrons. The van der Waals surface area contributed by atoms with E-state index in [-0.39, 0.29) is 45.6 Å². The van der Waals surface area contributed by atoms with Gasteiger partial charge in [0.15, 0.2) is 16.9 Å². The molecule has 0 amide bonds. The molecule has 9 heteroatoms. The molecule has 0 fully saturated rings. The maximum atomic E-state index is 13.0. The number of phenols is 4. The third-order valence-corrected chi connectivity index (χ3v) is 4.90. The summed E-state index contributed by atoms with van der Waals surface area (Å²) in [6.07, 6.45) is -4.68. The number of alkyl halides is 3. The van der Waals surface area contributed by atoms with Gasteiger partial charge in [0, 0.05) is 35.7 Å². The summed E-state index contributed by atoms with van der Waals surface area (Å²) in [6, 6.07) is 10.2. The lowest BCUT2D eigenvalue weighted by molar-refractivity contribution is -0.137. The molecule has 4 rings (SSSR count). The van der Waals surface area contributed by atoms with E-state index in [2.05, 4.69) is 0 Å². The second kappa shape index (κ2) is 7.52. The fraction of sp³-hybridized carbons (Fsp3) is 0.0870. The van der Waals surface area contributed by atoms with Crippen molar-refractivity contribution in [2.75, 3.05) is 0 Å². The molecule has 0 aliphatic rings. The molecule has 0 saturated carbocycles. The molecule has 0 bridgehead atoms. The minimum absolute atomic E-state index is 0.0481. The fourth-order valence-corrected chi connectivity index (χ4v) is 3.43. The molecule has 4 N–H and O–H groups in total. The average Bonchev–Trinajstić information content (AvgIpc) is 2.70. The van der Waals surface area contributed by atoms with Crippen molar-refractivity contribution in [1.82, 2.24) is 0 Å². The van der Waals surface area contributed by atoms with Crippen LogP contribution in [0.15, 0.2) is 63.8 Å². The Morgan fingerprint density at radius 2 is 1.62 bits per heavy atom. The van der Waals surface area contributed by atoms with E-state index in [1.54, 1.807) is 0 Å². The first-order valence-electron chi connectivity index (χ1n) is 9.24. The number of fused-ring (bicyclic) bond motifs is 1. The summed E-state index contributed by atoms with van der Waals surface area (Å²) in [5.74, 6) is -1.95. The van der Waals surface area contributed by atoms with Gasteiger partial charge in [0.25, 0.3) is 0 Å². The summed E-state index contributed by atoms with van der Waals surface area (Å²) in [6.45, 7) is 0. The minimum Gasteiger partial charge on any atom is -0.508 e. The Hall–Kier alpha value is -4.14. The largest absolute Gasteiger partial charge is 0.508 e. The molecular weight excluding hydrogens is 429 g/mol. The second-order valence-electron chi connectivity index (χ2n) is 7.19. The van der Waals surface area contributed by atoms with Crippen molar-refractivity contribution in [2.24, 2.45) is 0 Å². The van der Waals surface area contributed by atoms with Gasteiger partial charge < -0.3 is 24.8 Å². The summed E-state index contributed by atoms with van der Waals surface area (Å²) >= 11 is 0. The van der Waals surface area contributed by atoms with Crippen LogP contribution in [0.4, 0.5) is 13.2 Å². The molecule has 32 heavy (non-hydrogen) atoms. The van der Waals surface area contributed by atoms with Gasteiger partial charge in [0.05, 0.1) is 5.56 Å². The molecule has 1 heterocycles. The van der Waals surface area contributed by atoms with Crippen LogP contribution in [0.3, 0.4) is 0 Å². The van der Waals surface area contributed by atoms with E-state index < -0.39 is 34.4 Å². The zero-order chi connectivity index (χ0) is 23.2. The van der Waals surface area contributed by atoms with Crippen molar-refractivity contribution in [2.45, 2.75) is 12.6 Å². The maximum Gasteiger partial charge on any atom is 0.416 e. The van der Waals surface area contributed by atoms with Gasteiger partial charge in [-0.3, -0.25) is 4.79 Å². The summed E-state index contributed by atoms with van der Waals surface area (Å²) in [5.41, 5.74) is -1.09. The molecule has 6 nitrogen and oxygen atoms in total. The summed E-state index contributed by atoms with van der Waals surface area (Å²) in [5, 5.41) is 39.8. The maximum absolute atomic E-state index is 13.0. The number of hydrogen-bond acceptors (Lipinski definition) is 6. The van der Waals surface area contributed by atoms with Crippen molar-refractivity contribution in [3.63, 3.8) is 0 Å². The SMILES string of the molecule is O=c1cc(-c2cc(O)c(O)c(Cc3cccc(C(F)(F)F)c3)c2)oc2cc(O)cc(O)c12. The second-order valence-corrected chi connectivity index (χ2v) is 7.19. The number of aromatic hydroxyl groups is 4. The molecule has 0 spiro atoms. The predicted octanol–water partition coefficient (Wildman–Crippen LogP) is 4.89. The van der Waals surface area contributed by atoms with E-state index in [1.807, 2.05) is 0 Å². The highest BCUT2D eigenvalue weighted by Gasteiger charge is 2.30. The van der Waals surface area contributed by atoms with E-state index >= 15 is 0 Å². The summed E-state index contributed by atoms with van der Waals surface area (Å²) in [4.78, 5) is 12.4. The number of phenolic OH excluding ortho intramolecular Hbond substituents is 4. The number of hydrogen-bond donors (Lipinski definition) is 4. The van der Waals surface area contributed by atoms with Crippen LogP contribution < -0.4 is 5.43 Å². The lowest BCUT2D eigenvalue weighted by Gasteiger charge is -2.12. The molecule has 0 unspecified atom stereocenters. The van der Waals surface area contributed by atoms with E-state index in [4.69, 9.17) is 4.42 Å². The summed E-state index contributed by atoms with van der Waals surface area (Å²) < 4.78 is 44.6. The monoisotopic (exact) mass is 444 g/mol. The molecule has 4 aromatic rings. The molecule has 0 aliphatic carbocycles. The van der Waals surface area contributed by atoms with Crippen LogP contribution in [-0.2, 0) is 12.6 Å². The Kier molecular flexibility index (Phi) is 4.96. The number of rotatable bonds is 3. The highest BCUT2D eigenvalue weighted by Crippen LogP contribution is 2.38. The zero-order valence-electron chi connectivity index (χ0n) is 16.1. The van der Waals surface area contributed by atoms with Crippen LogP contribution in [0.5, 0.6) is 23.0 Å². The normalized spacial score (nSPS) is 11.7. The average molecular weight is 444 g/mol. The van der Waals surface area contributed by atoms with E-state index in [0.717, 1.165) is 36.4 Å². The smallest absolute Gasteiger partial charge is 0.416 e. The van der Waals surface area contributed by atoms with Crippen molar-refractivity contribution < 1.29 is 38.0 Å². The molecule has 0 saturated heterocycles. The van der Waals surface area contributed by atoms with E-state index in [1.165, 1.54) is 18.2 Å². The first-order valence-corrected chi connectivity index (χ1v) is 9.24. The van der Waals surface area contributed by atoms with E-state index in [9.17, 15) is 38.4 Å².